The maximum atomic E-state index is 6.10. The quantitative estimate of drug-likeness (QED) is 0.181. The molecule has 4 nitrogen and oxygen atoms in total. The number of anilines is 1. The number of hydrogen-bond donors (Lipinski definition) is 1. The predicted octanol–water partition coefficient (Wildman–Crippen LogP) is 8.89. The van der Waals surface area contributed by atoms with E-state index >= 15 is 0 Å². The number of aliphatic imine (C=N–C) groups is 1. The first-order chi connectivity index (χ1) is 19.2. The van der Waals surface area contributed by atoms with E-state index in [0.29, 0.717) is 41.6 Å². The Balaban J connectivity index is 1.15. The molecule has 196 valence electrons. The van der Waals surface area contributed by atoms with Crippen LogP contribution < -0.4 is 14.8 Å². The molecule has 0 radical (unpaired) electrons. The van der Waals surface area contributed by atoms with Crippen LogP contribution in [0.25, 0.3) is 0 Å². The molecule has 0 unspecified atom stereocenters. The Morgan fingerprint density at radius 2 is 1.79 bits per heavy atom. The van der Waals surface area contributed by atoms with E-state index in [1.807, 2.05) is 55.6 Å². The van der Waals surface area contributed by atoms with Gasteiger partial charge in [0.25, 0.3) is 0 Å². The molecule has 3 atom stereocenters. The Labute approximate surface area is 235 Å². The molecule has 1 N–H and O–H groups in total. The van der Waals surface area contributed by atoms with Gasteiger partial charge in [-0.1, -0.05) is 66.2 Å². The first-order valence-corrected chi connectivity index (χ1v) is 13.9. The highest BCUT2D eigenvalue weighted by Crippen LogP contribution is 2.49. The summed E-state index contributed by atoms with van der Waals surface area (Å²) in [5.74, 6) is 2.40. The third kappa shape index (κ3) is 5.57. The Morgan fingerprint density at radius 1 is 0.923 bits per heavy atom. The molecular weight excluding hydrogens is 504 g/mol. The minimum absolute atomic E-state index is 0.283. The molecule has 0 fully saturated rings. The van der Waals surface area contributed by atoms with E-state index in [-0.39, 0.29) is 6.04 Å². The fraction of sp³-hybridized carbons (Fsp3) is 0.206. The molecule has 1 aliphatic heterocycles. The summed E-state index contributed by atoms with van der Waals surface area (Å²) in [6, 6.07) is 31.1. The van der Waals surface area contributed by atoms with Crippen LogP contribution in [0.2, 0.25) is 5.02 Å². The van der Waals surface area contributed by atoms with Crippen molar-refractivity contribution in [2.45, 2.75) is 31.9 Å². The molecule has 5 heteroatoms. The highest BCUT2D eigenvalue weighted by atomic mass is 35.5. The van der Waals surface area contributed by atoms with Gasteiger partial charge in [-0.25, -0.2) is 0 Å². The van der Waals surface area contributed by atoms with Gasteiger partial charge in [-0.05, 0) is 90.0 Å². The summed E-state index contributed by atoms with van der Waals surface area (Å²) in [6.45, 7) is 2.93. The van der Waals surface area contributed by atoms with E-state index in [4.69, 9.17) is 26.1 Å². The summed E-state index contributed by atoms with van der Waals surface area (Å²) in [7, 11) is 0. The zero-order valence-electron chi connectivity index (χ0n) is 21.9. The standard InChI is InChI=1S/C34H31ClN2O2/c1-2-38-33-20-23(13-18-32(33)39-22-24-7-5-8-26(35)19-24)21-36-27-16-14-25(15-17-27)34-30-11-6-10-28(30)29-9-3-4-12-31(29)37-34/h3-10,12-21,28,30,34,37H,2,11,22H2,1H3/t28-,30+,34+/m1/s1. The maximum absolute atomic E-state index is 6.10. The zero-order valence-corrected chi connectivity index (χ0v) is 22.6. The Bertz CT molecular complexity index is 1510. The third-order valence-electron chi connectivity index (χ3n) is 7.44. The first kappa shape index (κ1) is 25.3. The van der Waals surface area contributed by atoms with Gasteiger partial charge in [0.05, 0.1) is 18.3 Å². The molecule has 0 amide bonds. The van der Waals surface area contributed by atoms with Gasteiger partial charge in [0.1, 0.15) is 6.61 Å². The number of allylic oxidation sites excluding steroid dienone is 2. The van der Waals surface area contributed by atoms with Crippen molar-refractivity contribution in [3.8, 4) is 11.5 Å². The minimum Gasteiger partial charge on any atom is -0.490 e. The van der Waals surface area contributed by atoms with Crippen LogP contribution in [0.4, 0.5) is 11.4 Å². The van der Waals surface area contributed by atoms with Crippen molar-refractivity contribution in [1.82, 2.24) is 0 Å². The van der Waals surface area contributed by atoms with Gasteiger partial charge in [0.2, 0.25) is 0 Å². The second-order valence-electron chi connectivity index (χ2n) is 9.97. The fourth-order valence-corrected chi connectivity index (χ4v) is 5.78. The number of halogens is 1. The second kappa shape index (κ2) is 11.4. The Hall–Kier alpha value is -4.02. The number of benzene rings is 4. The molecule has 0 saturated carbocycles. The lowest BCUT2D eigenvalue weighted by Gasteiger charge is -2.37. The molecule has 2 aliphatic rings. The van der Waals surface area contributed by atoms with Crippen LogP contribution in [-0.2, 0) is 6.61 Å². The lowest BCUT2D eigenvalue weighted by Crippen LogP contribution is -2.28. The van der Waals surface area contributed by atoms with Crippen molar-refractivity contribution in [2.75, 3.05) is 11.9 Å². The van der Waals surface area contributed by atoms with Crippen LogP contribution in [0.1, 0.15) is 47.6 Å². The van der Waals surface area contributed by atoms with Gasteiger partial charge in [0, 0.05) is 22.8 Å². The summed E-state index contributed by atoms with van der Waals surface area (Å²) in [5.41, 5.74) is 6.80. The number of rotatable bonds is 8. The van der Waals surface area contributed by atoms with Crippen molar-refractivity contribution in [3.63, 3.8) is 0 Å². The summed E-state index contributed by atoms with van der Waals surface area (Å²) in [4.78, 5) is 4.73. The molecule has 0 aromatic heterocycles. The Morgan fingerprint density at radius 3 is 2.64 bits per heavy atom. The normalized spacial score (nSPS) is 19.4. The lowest BCUT2D eigenvalue weighted by molar-refractivity contribution is 0.269. The monoisotopic (exact) mass is 534 g/mol. The minimum atomic E-state index is 0.283. The van der Waals surface area contributed by atoms with Gasteiger partial charge in [-0.2, -0.15) is 0 Å². The van der Waals surface area contributed by atoms with Gasteiger partial charge < -0.3 is 14.8 Å². The predicted molar refractivity (Wildman–Crippen MR) is 160 cm³/mol. The van der Waals surface area contributed by atoms with E-state index in [0.717, 1.165) is 23.2 Å². The number of fused-ring (bicyclic) bond motifs is 3. The van der Waals surface area contributed by atoms with Gasteiger partial charge in [-0.3, -0.25) is 4.99 Å². The largest absolute Gasteiger partial charge is 0.490 e. The number of para-hydroxylation sites is 1. The first-order valence-electron chi connectivity index (χ1n) is 13.5. The highest BCUT2D eigenvalue weighted by molar-refractivity contribution is 6.30. The van der Waals surface area contributed by atoms with E-state index in [9.17, 15) is 0 Å². The molecule has 4 aromatic carbocycles. The van der Waals surface area contributed by atoms with Crippen LogP contribution in [0.15, 0.2) is 108 Å². The average Bonchev–Trinajstić information content (AvgIpc) is 3.46. The number of hydrogen-bond acceptors (Lipinski definition) is 4. The van der Waals surface area contributed by atoms with E-state index in [1.165, 1.54) is 16.8 Å². The van der Waals surface area contributed by atoms with Crippen molar-refractivity contribution < 1.29 is 9.47 Å². The van der Waals surface area contributed by atoms with E-state index in [1.54, 1.807) is 0 Å². The number of nitrogens with one attached hydrogen (secondary N) is 1. The van der Waals surface area contributed by atoms with Crippen molar-refractivity contribution in [1.29, 1.82) is 0 Å². The lowest BCUT2D eigenvalue weighted by atomic mass is 9.77. The van der Waals surface area contributed by atoms with Crippen molar-refractivity contribution >= 4 is 29.2 Å². The third-order valence-corrected chi connectivity index (χ3v) is 7.67. The van der Waals surface area contributed by atoms with Crippen molar-refractivity contribution in [2.24, 2.45) is 10.9 Å². The SMILES string of the molecule is CCOc1cc(C=Nc2ccc([C@@H]3Nc4ccccc4[C@H]4C=CC[C@@H]43)cc2)ccc1OCc1cccc(Cl)c1. The van der Waals surface area contributed by atoms with Gasteiger partial charge in [0.15, 0.2) is 11.5 Å². The van der Waals surface area contributed by atoms with Crippen LogP contribution >= 0.6 is 11.6 Å². The molecule has 39 heavy (non-hydrogen) atoms. The summed E-state index contributed by atoms with van der Waals surface area (Å²) in [5, 5.41) is 4.49. The van der Waals surface area contributed by atoms with Gasteiger partial charge in [-0.15, -0.1) is 0 Å². The molecule has 0 bridgehead atoms. The molecule has 0 spiro atoms. The Kier molecular flexibility index (Phi) is 7.38. The molecule has 0 saturated heterocycles. The second-order valence-corrected chi connectivity index (χ2v) is 10.4. The summed E-state index contributed by atoms with van der Waals surface area (Å²) in [6.07, 6.45) is 7.66. The van der Waals surface area contributed by atoms with Crippen LogP contribution in [0, 0.1) is 5.92 Å². The molecule has 6 rings (SSSR count). The molecular formula is C34H31ClN2O2. The molecule has 4 aromatic rings. The number of ether oxygens (including phenoxy) is 2. The summed E-state index contributed by atoms with van der Waals surface area (Å²) < 4.78 is 11.9. The zero-order chi connectivity index (χ0) is 26.6. The number of nitrogens with zero attached hydrogens (tertiary/aromatic N) is 1. The molecule has 1 aliphatic carbocycles. The smallest absolute Gasteiger partial charge is 0.161 e. The van der Waals surface area contributed by atoms with Crippen LogP contribution in [0.3, 0.4) is 0 Å². The molecule has 1 heterocycles. The average molecular weight is 535 g/mol. The highest BCUT2D eigenvalue weighted by Gasteiger charge is 2.37. The van der Waals surface area contributed by atoms with E-state index in [2.05, 4.69) is 66.0 Å². The van der Waals surface area contributed by atoms with Crippen molar-refractivity contribution in [3.05, 3.63) is 130 Å². The van der Waals surface area contributed by atoms with Crippen LogP contribution in [0.5, 0.6) is 11.5 Å². The van der Waals surface area contributed by atoms with E-state index < -0.39 is 0 Å². The van der Waals surface area contributed by atoms with Crippen LogP contribution in [-0.4, -0.2) is 12.8 Å². The summed E-state index contributed by atoms with van der Waals surface area (Å²) >= 11 is 6.10. The maximum Gasteiger partial charge on any atom is 0.161 e. The van der Waals surface area contributed by atoms with Gasteiger partial charge >= 0.3 is 0 Å². The fourth-order valence-electron chi connectivity index (χ4n) is 5.57. The topological polar surface area (TPSA) is 42.8 Å².